The molecule has 9 heteroatoms. The number of hydrogen-bond acceptors (Lipinski definition) is 7. The highest BCUT2D eigenvalue weighted by molar-refractivity contribution is 6.03. The van der Waals surface area contributed by atoms with Crippen molar-refractivity contribution in [1.29, 1.82) is 0 Å². The smallest absolute Gasteiger partial charge is 0.274 e. The minimum atomic E-state index is -0.251. The third-order valence-corrected chi connectivity index (χ3v) is 7.74. The molecule has 0 bridgehead atoms. The van der Waals surface area contributed by atoms with Gasteiger partial charge in [0.2, 0.25) is 0 Å². The van der Waals surface area contributed by atoms with Gasteiger partial charge in [-0.15, -0.1) is 0 Å². The molecule has 1 aliphatic carbocycles. The predicted octanol–water partition coefficient (Wildman–Crippen LogP) is 3.45. The molecule has 2 fully saturated rings. The Balaban J connectivity index is 1.14. The molecular formula is C30H35N7O2. The van der Waals surface area contributed by atoms with E-state index >= 15 is 0 Å². The van der Waals surface area contributed by atoms with Crippen molar-refractivity contribution in [3.8, 4) is 11.1 Å². The number of aliphatic hydroxyl groups excluding tert-OH is 1. The van der Waals surface area contributed by atoms with Gasteiger partial charge in [-0.05, 0) is 61.1 Å². The summed E-state index contributed by atoms with van der Waals surface area (Å²) in [5, 5.41) is 24.2. The van der Waals surface area contributed by atoms with Crippen molar-refractivity contribution in [1.82, 2.24) is 25.2 Å². The summed E-state index contributed by atoms with van der Waals surface area (Å²) in [4.78, 5) is 20.1. The monoisotopic (exact) mass is 525 g/mol. The van der Waals surface area contributed by atoms with Crippen LogP contribution in [0.3, 0.4) is 0 Å². The standard InChI is InChI=1S/C30H35N7O2/c38-26-10-8-23(9-11-26)32-19-21-4-6-22(7-5-21)27-20-33-37-15-12-28(35-29(27)37)30(39)34-24-2-1-3-25(18-24)36-16-13-31-14-17-36/h1-7,12,15,18,20,23,26,31-32,38H,8-11,13-14,16-17,19H2,(H,34,39). The molecule has 0 spiro atoms. The lowest BCUT2D eigenvalue weighted by Crippen LogP contribution is -2.43. The van der Waals surface area contributed by atoms with E-state index in [4.69, 9.17) is 0 Å². The highest BCUT2D eigenvalue weighted by Crippen LogP contribution is 2.25. The second-order valence-electron chi connectivity index (χ2n) is 10.5. The maximum atomic E-state index is 13.1. The van der Waals surface area contributed by atoms with Crippen LogP contribution in [0.5, 0.6) is 0 Å². The fourth-order valence-corrected chi connectivity index (χ4v) is 5.44. The lowest BCUT2D eigenvalue weighted by molar-refractivity contribution is 0.102. The SMILES string of the molecule is O=C(Nc1cccc(N2CCNCC2)c1)c1ccn2ncc(-c3ccc(CNC4CCC(O)CC4)cc3)c2n1. The van der Waals surface area contributed by atoms with E-state index in [0.29, 0.717) is 17.4 Å². The van der Waals surface area contributed by atoms with Crippen molar-refractivity contribution >= 4 is 22.9 Å². The number of hydrogen-bond donors (Lipinski definition) is 4. The van der Waals surface area contributed by atoms with E-state index < -0.39 is 0 Å². The van der Waals surface area contributed by atoms with Gasteiger partial charge in [0.1, 0.15) is 5.69 Å². The molecule has 1 saturated carbocycles. The summed E-state index contributed by atoms with van der Waals surface area (Å²) in [6, 6.07) is 18.5. The molecule has 39 heavy (non-hydrogen) atoms. The predicted molar refractivity (Wildman–Crippen MR) is 153 cm³/mol. The van der Waals surface area contributed by atoms with Crippen LogP contribution in [0.25, 0.3) is 16.8 Å². The van der Waals surface area contributed by atoms with E-state index in [1.165, 1.54) is 5.56 Å². The average molecular weight is 526 g/mol. The summed E-state index contributed by atoms with van der Waals surface area (Å²) in [6.07, 6.45) is 7.22. The van der Waals surface area contributed by atoms with E-state index in [-0.39, 0.29) is 12.0 Å². The van der Waals surface area contributed by atoms with Crippen molar-refractivity contribution in [2.45, 2.75) is 44.4 Å². The normalized spacial score (nSPS) is 19.8. The summed E-state index contributed by atoms with van der Waals surface area (Å²) in [5.74, 6) is -0.251. The summed E-state index contributed by atoms with van der Waals surface area (Å²) in [5.41, 5.74) is 5.93. The Kier molecular flexibility index (Phi) is 7.53. The van der Waals surface area contributed by atoms with Gasteiger partial charge >= 0.3 is 0 Å². The van der Waals surface area contributed by atoms with Crippen LogP contribution in [0.1, 0.15) is 41.7 Å². The van der Waals surface area contributed by atoms with Crippen LogP contribution in [-0.2, 0) is 6.54 Å². The van der Waals surface area contributed by atoms with E-state index in [1.807, 2.05) is 18.2 Å². The van der Waals surface area contributed by atoms with E-state index in [2.05, 4.69) is 61.3 Å². The number of carbonyl (C=O) groups is 1. The van der Waals surface area contributed by atoms with Gasteiger partial charge < -0.3 is 26.0 Å². The molecule has 6 rings (SSSR count). The minimum Gasteiger partial charge on any atom is -0.393 e. The molecule has 4 N–H and O–H groups in total. The third kappa shape index (κ3) is 5.95. The zero-order valence-electron chi connectivity index (χ0n) is 22.0. The summed E-state index contributed by atoms with van der Waals surface area (Å²) >= 11 is 0. The number of rotatable bonds is 7. The molecule has 4 aromatic rings. The first-order chi connectivity index (χ1) is 19.1. The van der Waals surface area contributed by atoms with E-state index in [1.54, 1.807) is 23.0 Å². The van der Waals surface area contributed by atoms with Gasteiger partial charge in [0, 0.05) is 61.9 Å². The third-order valence-electron chi connectivity index (χ3n) is 7.74. The van der Waals surface area contributed by atoms with Crippen LogP contribution in [0.15, 0.2) is 67.0 Å². The molecule has 2 aromatic carbocycles. The van der Waals surface area contributed by atoms with Crippen molar-refractivity contribution in [2.24, 2.45) is 0 Å². The number of nitrogens with zero attached hydrogens (tertiary/aromatic N) is 4. The fraction of sp³-hybridized carbons (Fsp3) is 0.367. The van der Waals surface area contributed by atoms with Gasteiger partial charge in [0.05, 0.1) is 12.3 Å². The number of benzene rings is 2. The topological polar surface area (TPSA) is 107 Å². The van der Waals surface area contributed by atoms with E-state index in [0.717, 1.165) is 80.9 Å². The zero-order valence-corrected chi connectivity index (χ0v) is 22.0. The minimum absolute atomic E-state index is 0.137. The van der Waals surface area contributed by atoms with Crippen LogP contribution >= 0.6 is 0 Å². The number of aromatic nitrogens is 3. The Hall–Kier alpha value is -3.79. The van der Waals surface area contributed by atoms with Gasteiger partial charge in [0.25, 0.3) is 5.91 Å². The van der Waals surface area contributed by atoms with Crippen LogP contribution in [-0.4, -0.2) is 63.9 Å². The number of fused-ring (bicyclic) bond motifs is 1. The Bertz CT molecular complexity index is 1420. The molecule has 2 aliphatic rings. The molecule has 0 atom stereocenters. The Morgan fingerprint density at radius 1 is 1.03 bits per heavy atom. The van der Waals surface area contributed by atoms with Crippen molar-refractivity contribution < 1.29 is 9.90 Å². The zero-order chi connectivity index (χ0) is 26.6. The maximum Gasteiger partial charge on any atom is 0.274 e. The second kappa shape index (κ2) is 11.5. The van der Waals surface area contributed by atoms with Crippen molar-refractivity contribution in [2.75, 3.05) is 36.4 Å². The first-order valence-corrected chi connectivity index (χ1v) is 13.8. The number of nitrogens with one attached hydrogen (secondary N) is 3. The molecule has 202 valence electrons. The first kappa shape index (κ1) is 25.5. The van der Waals surface area contributed by atoms with Gasteiger partial charge in [-0.2, -0.15) is 5.10 Å². The number of carbonyl (C=O) groups excluding carboxylic acids is 1. The lowest BCUT2D eigenvalue weighted by atomic mass is 9.93. The molecule has 1 aliphatic heterocycles. The van der Waals surface area contributed by atoms with Crippen molar-refractivity contribution in [3.63, 3.8) is 0 Å². The molecule has 9 nitrogen and oxygen atoms in total. The molecule has 1 saturated heterocycles. The molecule has 3 heterocycles. The second-order valence-corrected chi connectivity index (χ2v) is 10.5. The molecular weight excluding hydrogens is 490 g/mol. The Labute approximate surface area is 228 Å². The summed E-state index contributed by atoms with van der Waals surface area (Å²) < 4.78 is 1.70. The number of aliphatic hydroxyl groups is 1. The van der Waals surface area contributed by atoms with Gasteiger partial charge in [-0.25, -0.2) is 9.50 Å². The molecule has 0 unspecified atom stereocenters. The quantitative estimate of drug-likeness (QED) is 0.293. The highest BCUT2D eigenvalue weighted by atomic mass is 16.3. The molecule has 2 aromatic heterocycles. The summed E-state index contributed by atoms with van der Waals surface area (Å²) in [7, 11) is 0. The van der Waals surface area contributed by atoms with Crippen LogP contribution < -0.4 is 20.9 Å². The highest BCUT2D eigenvalue weighted by Gasteiger charge is 2.19. The lowest BCUT2D eigenvalue weighted by Gasteiger charge is -2.29. The first-order valence-electron chi connectivity index (χ1n) is 13.8. The largest absolute Gasteiger partial charge is 0.393 e. The average Bonchev–Trinajstić information content (AvgIpc) is 3.41. The van der Waals surface area contributed by atoms with Gasteiger partial charge in [0.15, 0.2) is 5.65 Å². The van der Waals surface area contributed by atoms with E-state index in [9.17, 15) is 9.90 Å². The summed E-state index contributed by atoms with van der Waals surface area (Å²) in [6.45, 7) is 4.61. The van der Waals surface area contributed by atoms with Crippen LogP contribution in [0.4, 0.5) is 11.4 Å². The van der Waals surface area contributed by atoms with Gasteiger partial charge in [-0.1, -0.05) is 30.3 Å². The van der Waals surface area contributed by atoms with Gasteiger partial charge in [-0.3, -0.25) is 4.79 Å². The number of piperazine rings is 1. The van der Waals surface area contributed by atoms with Crippen molar-refractivity contribution in [3.05, 3.63) is 78.2 Å². The maximum absolute atomic E-state index is 13.1. The number of anilines is 2. The Morgan fingerprint density at radius 2 is 1.82 bits per heavy atom. The molecule has 0 radical (unpaired) electrons. The molecule has 1 amide bonds. The fourth-order valence-electron chi connectivity index (χ4n) is 5.44. The van der Waals surface area contributed by atoms with Crippen LogP contribution in [0.2, 0.25) is 0 Å². The Morgan fingerprint density at radius 3 is 2.62 bits per heavy atom. The van der Waals surface area contributed by atoms with Crippen LogP contribution in [0, 0.1) is 0 Å². The number of amides is 1.